The zero-order valence-electron chi connectivity index (χ0n) is 11.3. The van der Waals surface area contributed by atoms with Crippen LogP contribution in [0.5, 0.6) is 0 Å². The first kappa shape index (κ1) is 14.7. The molecule has 0 saturated heterocycles. The first-order chi connectivity index (χ1) is 10.6. The number of benzene rings is 2. The maximum absolute atomic E-state index is 13.6. The second kappa shape index (κ2) is 6.27. The van der Waals surface area contributed by atoms with E-state index in [1.807, 2.05) is 0 Å². The smallest absolute Gasteiger partial charge is 0.172 e. The van der Waals surface area contributed by atoms with E-state index in [1.165, 1.54) is 36.0 Å². The standard InChI is InChI=1S/C16H11F3N2S/c17-12-4-2-5-13(9-12)21-8-7-20-16(21)22-10-11-3-1-6-14(18)15(11)19/h1-9H,10H2. The maximum atomic E-state index is 13.6. The number of halogens is 3. The highest BCUT2D eigenvalue weighted by Gasteiger charge is 2.11. The minimum absolute atomic E-state index is 0.232. The first-order valence-corrected chi connectivity index (χ1v) is 7.48. The van der Waals surface area contributed by atoms with Crippen LogP contribution in [0.15, 0.2) is 60.0 Å². The van der Waals surface area contributed by atoms with Gasteiger partial charge in [-0.3, -0.25) is 4.57 Å². The van der Waals surface area contributed by atoms with Gasteiger partial charge in [-0.2, -0.15) is 0 Å². The van der Waals surface area contributed by atoms with Gasteiger partial charge in [0, 0.05) is 23.7 Å². The number of aromatic nitrogens is 2. The van der Waals surface area contributed by atoms with Crippen molar-refractivity contribution in [3.05, 3.63) is 77.9 Å². The van der Waals surface area contributed by atoms with E-state index < -0.39 is 11.6 Å². The van der Waals surface area contributed by atoms with E-state index in [-0.39, 0.29) is 17.1 Å². The highest BCUT2D eigenvalue weighted by molar-refractivity contribution is 7.98. The van der Waals surface area contributed by atoms with Crippen LogP contribution in [0.2, 0.25) is 0 Å². The van der Waals surface area contributed by atoms with Crippen molar-refractivity contribution in [1.82, 2.24) is 9.55 Å². The Morgan fingerprint density at radius 1 is 1.05 bits per heavy atom. The summed E-state index contributed by atoms with van der Waals surface area (Å²) in [5.41, 5.74) is 0.888. The lowest BCUT2D eigenvalue weighted by atomic mass is 10.2. The lowest BCUT2D eigenvalue weighted by Gasteiger charge is -2.08. The zero-order chi connectivity index (χ0) is 15.5. The Labute approximate surface area is 129 Å². The summed E-state index contributed by atoms with van der Waals surface area (Å²) in [7, 11) is 0. The Hall–Kier alpha value is -2.21. The largest absolute Gasteiger partial charge is 0.295 e. The van der Waals surface area contributed by atoms with E-state index in [0.29, 0.717) is 10.8 Å². The van der Waals surface area contributed by atoms with Crippen LogP contribution < -0.4 is 0 Å². The van der Waals surface area contributed by atoms with Crippen molar-refractivity contribution in [2.45, 2.75) is 10.9 Å². The minimum Gasteiger partial charge on any atom is -0.295 e. The molecule has 112 valence electrons. The molecule has 0 N–H and O–H groups in total. The van der Waals surface area contributed by atoms with Crippen LogP contribution in [0, 0.1) is 17.5 Å². The Morgan fingerprint density at radius 2 is 1.86 bits per heavy atom. The molecule has 0 fully saturated rings. The van der Waals surface area contributed by atoms with Crippen LogP contribution in [-0.4, -0.2) is 9.55 Å². The van der Waals surface area contributed by atoms with E-state index in [9.17, 15) is 13.2 Å². The van der Waals surface area contributed by atoms with Crippen molar-refractivity contribution in [2.75, 3.05) is 0 Å². The van der Waals surface area contributed by atoms with Gasteiger partial charge >= 0.3 is 0 Å². The van der Waals surface area contributed by atoms with Crippen molar-refractivity contribution in [2.24, 2.45) is 0 Å². The van der Waals surface area contributed by atoms with E-state index in [2.05, 4.69) is 4.98 Å². The summed E-state index contributed by atoms with van der Waals surface area (Å²) in [4.78, 5) is 4.18. The van der Waals surface area contributed by atoms with Crippen LogP contribution in [0.1, 0.15) is 5.56 Å². The summed E-state index contributed by atoms with van der Waals surface area (Å²) < 4.78 is 41.8. The summed E-state index contributed by atoms with van der Waals surface area (Å²) in [6.45, 7) is 0. The molecular weight excluding hydrogens is 309 g/mol. The number of thioether (sulfide) groups is 1. The number of hydrogen-bond donors (Lipinski definition) is 0. The number of nitrogens with zero attached hydrogens (tertiary/aromatic N) is 2. The highest BCUT2D eigenvalue weighted by Crippen LogP contribution is 2.26. The minimum atomic E-state index is -0.869. The predicted molar refractivity (Wildman–Crippen MR) is 79.4 cm³/mol. The summed E-state index contributed by atoms with van der Waals surface area (Å²) in [5, 5.41) is 0.578. The molecule has 1 aromatic heterocycles. The van der Waals surface area contributed by atoms with E-state index >= 15 is 0 Å². The maximum Gasteiger partial charge on any atom is 0.172 e. The Balaban J connectivity index is 1.83. The molecule has 0 saturated carbocycles. The SMILES string of the molecule is Fc1cccc(-n2ccnc2SCc2cccc(F)c2F)c1. The summed E-state index contributed by atoms with van der Waals surface area (Å²) in [5.74, 6) is -1.83. The monoisotopic (exact) mass is 320 g/mol. The summed E-state index contributed by atoms with van der Waals surface area (Å²) >= 11 is 1.25. The van der Waals surface area contributed by atoms with E-state index in [4.69, 9.17) is 0 Å². The van der Waals surface area contributed by atoms with Gasteiger partial charge in [0.2, 0.25) is 0 Å². The second-order valence-electron chi connectivity index (χ2n) is 4.56. The average Bonchev–Trinajstić information content (AvgIpc) is 2.97. The van der Waals surface area contributed by atoms with Crippen LogP contribution in [0.25, 0.3) is 5.69 Å². The second-order valence-corrected chi connectivity index (χ2v) is 5.50. The Morgan fingerprint density at radius 3 is 2.68 bits per heavy atom. The number of imidazole rings is 1. The van der Waals surface area contributed by atoms with Gasteiger partial charge < -0.3 is 0 Å². The van der Waals surface area contributed by atoms with Crippen molar-refractivity contribution >= 4 is 11.8 Å². The summed E-state index contributed by atoms with van der Waals surface area (Å²) in [6, 6.07) is 10.2. The van der Waals surface area contributed by atoms with Crippen LogP contribution in [0.4, 0.5) is 13.2 Å². The van der Waals surface area contributed by atoms with Crippen molar-refractivity contribution in [3.63, 3.8) is 0 Å². The fraction of sp³-hybridized carbons (Fsp3) is 0.0625. The lowest BCUT2D eigenvalue weighted by Crippen LogP contribution is -1.97. The molecule has 22 heavy (non-hydrogen) atoms. The summed E-state index contributed by atoms with van der Waals surface area (Å²) in [6.07, 6.45) is 3.27. The molecule has 0 aliphatic carbocycles. The molecule has 3 aromatic rings. The van der Waals surface area contributed by atoms with Gasteiger partial charge in [0.15, 0.2) is 16.8 Å². The lowest BCUT2D eigenvalue weighted by molar-refractivity contribution is 0.502. The molecule has 6 heteroatoms. The van der Waals surface area contributed by atoms with Gasteiger partial charge in [0.1, 0.15) is 5.82 Å². The molecule has 0 radical (unpaired) electrons. The average molecular weight is 320 g/mol. The van der Waals surface area contributed by atoms with E-state index in [1.54, 1.807) is 29.1 Å². The van der Waals surface area contributed by atoms with Gasteiger partial charge in [0.05, 0.1) is 5.69 Å². The third-order valence-corrected chi connectivity index (χ3v) is 4.10. The van der Waals surface area contributed by atoms with Crippen LogP contribution in [0.3, 0.4) is 0 Å². The topological polar surface area (TPSA) is 17.8 Å². The quantitative estimate of drug-likeness (QED) is 0.655. The van der Waals surface area contributed by atoms with Gasteiger partial charge in [0.25, 0.3) is 0 Å². The molecular formula is C16H11F3N2S. The molecule has 1 heterocycles. The molecule has 2 nitrogen and oxygen atoms in total. The van der Waals surface area contributed by atoms with Gasteiger partial charge in [-0.15, -0.1) is 0 Å². The molecule has 0 aliphatic heterocycles. The molecule has 0 bridgehead atoms. The zero-order valence-corrected chi connectivity index (χ0v) is 12.2. The van der Waals surface area contributed by atoms with Crippen molar-refractivity contribution in [1.29, 1.82) is 0 Å². The molecule has 0 amide bonds. The van der Waals surface area contributed by atoms with Gasteiger partial charge in [-0.25, -0.2) is 18.2 Å². The molecule has 0 aliphatic rings. The Bertz CT molecular complexity index is 802. The van der Waals surface area contributed by atoms with Crippen molar-refractivity contribution in [3.8, 4) is 5.69 Å². The highest BCUT2D eigenvalue weighted by atomic mass is 32.2. The van der Waals surface area contributed by atoms with E-state index in [0.717, 1.165) is 6.07 Å². The van der Waals surface area contributed by atoms with Gasteiger partial charge in [-0.1, -0.05) is 30.0 Å². The predicted octanol–water partition coefficient (Wildman–Crippen LogP) is 4.58. The third-order valence-electron chi connectivity index (χ3n) is 3.08. The molecule has 0 spiro atoms. The van der Waals surface area contributed by atoms with Crippen LogP contribution >= 0.6 is 11.8 Å². The molecule has 2 aromatic carbocycles. The fourth-order valence-electron chi connectivity index (χ4n) is 2.02. The third kappa shape index (κ3) is 3.01. The number of hydrogen-bond acceptors (Lipinski definition) is 2. The van der Waals surface area contributed by atoms with Crippen LogP contribution in [-0.2, 0) is 5.75 Å². The van der Waals surface area contributed by atoms with Gasteiger partial charge in [-0.05, 0) is 24.3 Å². The number of rotatable bonds is 4. The molecule has 0 unspecified atom stereocenters. The van der Waals surface area contributed by atoms with Crippen molar-refractivity contribution < 1.29 is 13.2 Å². The fourth-order valence-corrected chi connectivity index (χ4v) is 2.97. The molecule has 0 atom stereocenters. The first-order valence-electron chi connectivity index (χ1n) is 6.50. The molecule has 3 rings (SSSR count). The Kier molecular flexibility index (Phi) is 4.20. The normalized spacial score (nSPS) is 10.9.